The first-order valence-electron chi connectivity index (χ1n) is 8.12. The lowest BCUT2D eigenvalue weighted by atomic mass is 10.1. The number of rotatable bonds is 7. The van der Waals surface area contributed by atoms with Crippen molar-refractivity contribution in [3.63, 3.8) is 0 Å². The second-order valence-corrected chi connectivity index (χ2v) is 5.61. The third-order valence-corrected chi connectivity index (χ3v) is 3.59. The van der Waals surface area contributed by atoms with Gasteiger partial charge in [-0.15, -0.1) is 12.4 Å². The van der Waals surface area contributed by atoms with Crippen LogP contribution in [-0.2, 0) is 9.59 Å². The van der Waals surface area contributed by atoms with Gasteiger partial charge in [0.1, 0.15) is 11.8 Å². The Labute approximate surface area is 159 Å². The predicted molar refractivity (Wildman–Crippen MR) is 105 cm³/mol. The van der Waals surface area contributed by atoms with Gasteiger partial charge in [-0.25, -0.2) is 0 Å². The van der Waals surface area contributed by atoms with Crippen molar-refractivity contribution < 1.29 is 14.3 Å². The van der Waals surface area contributed by atoms with Crippen LogP contribution in [0.25, 0.3) is 0 Å². The summed E-state index contributed by atoms with van der Waals surface area (Å²) in [6, 6.07) is 13.6. The van der Waals surface area contributed by atoms with E-state index in [1.165, 1.54) is 0 Å². The average molecular weight is 378 g/mol. The highest BCUT2D eigenvalue weighted by atomic mass is 35.5. The Bertz CT molecular complexity index is 718. The lowest BCUT2D eigenvalue weighted by Gasteiger charge is -2.13. The smallest absolute Gasteiger partial charge is 0.243 e. The van der Waals surface area contributed by atoms with Gasteiger partial charge in [0.2, 0.25) is 11.8 Å². The van der Waals surface area contributed by atoms with Crippen molar-refractivity contribution in [1.82, 2.24) is 5.32 Å². The maximum absolute atomic E-state index is 12.1. The molecule has 26 heavy (non-hydrogen) atoms. The summed E-state index contributed by atoms with van der Waals surface area (Å²) in [6.45, 7) is 4.30. The number of hydrogen-bond donors (Lipinski definition) is 3. The molecule has 0 bridgehead atoms. The van der Waals surface area contributed by atoms with Gasteiger partial charge in [0, 0.05) is 5.69 Å². The third kappa shape index (κ3) is 6.38. The van der Waals surface area contributed by atoms with Gasteiger partial charge in [-0.1, -0.05) is 29.8 Å². The second kappa shape index (κ2) is 10.4. The van der Waals surface area contributed by atoms with Gasteiger partial charge in [-0.3, -0.25) is 9.59 Å². The summed E-state index contributed by atoms with van der Waals surface area (Å²) >= 11 is 0. The topological polar surface area (TPSA) is 93.5 Å². The summed E-state index contributed by atoms with van der Waals surface area (Å²) in [5.74, 6) is 0.0113. The summed E-state index contributed by atoms with van der Waals surface area (Å²) in [7, 11) is 0. The van der Waals surface area contributed by atoms with Crippen molar-refractivity contribution >= 4 is 29.9 Å². The maximum Gasteiger partial charge on any atom is 0.243 e. The van der Waals surface area contributed by atoms with E-state index in [4.69, 9.17) is 10.5 Å². The number of halogens is 1. The van der Waals surface area contributed by atoms with Gasteiger partial charge in [0.15, 0.2) is 0 Å². The minimum absolute atomic E-state index is 0. The fourth-order valence-corrected chi connectivity index (χ4v) is 2.21. The molecule has 1 unspecified atom stereocenters. The monoisotopic (exact) mass is 377 g/mol. The highest BCUT2D eigenvalue weighted by Gasteiger charge is 2.16. The molecule has 7 heteroatoms. The molecule has 2 amide bonds. The molecule has 6 nitrogen and oxygen atoms in total. The van der Waals surface area contributed by atoms with E-state index < -0.39 is 11.9 Å². The minimum Gasteiger partial charge on any atom is -0.494 e. The molecular weight excluding hydrogens is 354 g/mol. The number of carbonyl (C=O) groups excluding carboxylic acids is 2. The summed E-state index contributed by atoms with van der Waals surface area (Å²) < 4.78 is 5.34. The standard InChI is InChI=1S/C19H23N3O3.ClH/c1-3-25-16-10-8-15(9-11-16)22-17(23)12-21-19(24)18(20)14-6-4-13(2)5-7-14;/h4-11,18H,3,12,20H2,1-2H3,(H,21,24)(H,22,23);1H. The van der Waals surface area contributed by atoms with E-state index in [0.29, 0.717) is 17.9 Å². The molecule has 0 fully saturated rings. The average Bonchev–Trinajstić information content (AvgIpc) is 2.61. The molecule has 0 aliphatic carbocycles. The molecule has 0 aliphatic rings. The molecule has 0 spiro atoms. The lowest BCUT2D eigenvalue weighted by molar-refractivity contribution is -0.125. The molecule has 0 aliphatic heterocycles. The number of nitrogens with two attached hydrogens (primary N) is 1. The molecule has 0 radical (unpaired) electrons. The van der Waals surface area contributed by atoms with Crippen molar-refractivity contribution in [3.05, 3.63) is 59.7 Å². The van der Waals surface area contributed by atoms with Crippen LogP contribution in [0.4, 0.5) is 5.69 Å². The molecule has 0 heterocycles. The number of benzene rings is 2. The van der Waals surface area contributed by atoms with Crippen LogP contribution in [0.5, 0.6) is 5.75 Å². The number of anilines is 1. The molecule has 2 rings (SSSR count). The number of nitrogens with one attached hydrogen (secondary N) is 2. The van der Waals surface area contributed by atoms with Gasteiger partial charge in [-0.05, 0) is 43.7 Å². The Morgan fingerprint density at radius 1 is 1.08 bits per heavy atom. The fraction of sp³-hybridized carbons (Fsp3) is 0.263. The van der Waals surface area contributed by atoms with Crippen LogP contribution in [0, 0.1) is 6.92 Å². The lowest BCUT2D eigenvalue weighted by Crippen LogP contribution is -2.38. The predicted octanol–water partition coefficient (Wildman–Crippen LogP) is 2.57. The first kappa shape index (κ1) is 21.5. The minimum atomic E-state index is -0.807. The summed E-state index contributed by atoms with van der Waals surface area (Å²) in [5, 5.41) is 5.25. The van der Waals surface area contributed by atoms with Crippen LogP contribution in [-0.4, -0.2) is 25.0 Å². The van der Waals surface area contributed by atoms with E-state index in [0.717, 1.165) is 11.3 Å². The Kier molecular flexibility index (Phi) is 8.61. The van der Waals surface area contributed by atoms with E-state index in [2.05, 4.69) is 10.6 Å². The largest absolute Gasteiger partial charge is 0.494 e. The molecule has 2 aromatic carbocycles. The van der Waals surface area contributed by atoms with Crippen LogP contribution in [0.3, 0.4) is 0 Å². The van der Waals surface area contributed by atoms with Gasteiger partial charge in [0.05, 0.1) is 13.2 Å². The zero-order valence-electron chi connectivity index (χ0n) is 14.8. The molecule has 2 aromatic rings. The van der Waals surface area contributed by atoms with E-state index in [1.807, 2.05) is 26.0 Å². The zero-order chi connectivity index (χ0) is 18.2. The normalized spacial score (nSPS) is 11.0. The SMILES string of the molecule is CCOc1ccc(NC(=O)CNC(=O)C(N)c2ccc(C)cc2)cc1.Cl. The summed E-state index contributed by atoms with van der Waals surface area (Å²) in [4.78, 5) is 24.0. The van der Waals surface area contributed by atoms with Gasteiger partial charge < -0.3 is 21.1 Å². The van der Waals surface area contributed by atoms with Crippen LogP contribution < -0.4 is 21.1 Å². The summed E-state index contributed by atoms with van der Waals surface area (Å²) in [5.41, 5.74) is 8.34. The fourth-order valence-electron chi connectivity index (χ4n) is 2.21. The molecule has 0 saturated carbocycles. The van der Waals surface area contributed by atoms with Crippen LogP contribution in [0.1, 0.15) is 24.1 Å². The first-order valence-corrected chi connectivity index (χ1v) is 8.12. The van der Waals surface area contributed by atoms with Crippen molar-refractivity contribution in [3.8, 4) is 5.75 Å². The molecule has 0 saturated heterocycles. The van der Waals surface area contributed by atoms with Crippen molar-refractivity contribution in [2.45, 2.75) is 19.9 Å². The maximum atomic E-state index is 12.1. The summed E-state index contributed by atoms with van der Waals surface area (Å²) in [6.07, 6.45) is 0. The number of aryl methyl sites for hydroxylation is 1. The molecule has 1 atom stereocenters. The first-order chi connectivity index (χ1) is 12.0. The van der Waals surface area contributed by atoms with Gasteiger partial charge >= 0.3 is 0 Å². The van der Waals surface area contributed by atoms with Gasteiger partial charge in [-0.2, -0.15) is 0 Å². The van der Waals surface area contributed by atoms with E-state index in [1.54, 1.807) is 36.4 Å². The van der Waals surface area contributed by atoms with Crippen LogP contribution >= 0.6 is 12.4 Å². The Morgan fingerprint density at radius 3 is 2.27 bits per heavy atom. The van der Waals surface area contributed by atoms with Crippen molar-refractivity contribution in [1.29, 1.82) is 0 Å². The van der Waals surface area contributed by atoms with Crippen LogP contribution in [0.15, 0.2) is 48.5 Å². The second-order valence-electron chi connectivity index (χ2n) is 5.61. The van der Waals surface area contributed by atoms with Crippen LogP contribution in [0.2, 0.25) is 0 Å². The van der Waals surface area contributed by atoms with Gasteiger partial charge in [0.25, 0.3) is 0 Å². The van der Waals surface area contributed by atoms with Crippen molar-refractivity contribution in [2.24, 2.45) is 5.73 Å². The highest BCUT2D eigenvalue weighted by Crippen LogP contribution is 2.15. The highest BCUT2D eigenvalue weighted by molar-refractivity contribution is 5.95. The molecular formula is C19H24ClN3O3. The third-order valence-electron chi connectivity index (χ3n) is 3.59. The molecule has 140 valence electrons. The quantitative estimate of drug-likeness (QED) is 0.691. The number of ether oxygens (including phenoxy) is 1. The Morgan fingerprint density at radius 2 is 1.69 bits per heavy atom. The van der Waals surface area contributed by atoms with Crippen molar-refractivity contribution in [2.75, 3.05) is 18.5 Å². The van der Waals surface area contributed by atoms with E-state index in [-0.39, 0.29) is 24.9 Å². The molecule has 4 N–H and O–H groups in total. The number of hydrogen-bond acceptors (Lipinski definition) is 4. The zero-order valence-corrected chi connectivity index (χ0v) is 15.6. The van der Waals surface area contributed by atoms with E-state index >= 15 is 0 Å². The number of amides is 2. The number of carbonyl (C=O) groups is 2. The Balaban J connectivity index is 0.00000338. The Hall–Kier alpha value is -2.57. The molecule has 0 aromatic heterocycles. The van der Waals surface area contributed by atoms with E-state index in [9.17, 15) is 9.59 Å².